The van der Waals surface area contributed by atoms with Gasteiger partial charge < -0.3 is 16.4 Å². The van der Waals surface area contributed by atoms with Crippen LogP contribution >= 0.6 is 0 Å². The Morgan fingerprint density at radius 2 is 2.06 bits per heavy atom. The van der Waals surface area contributed by atoms with Crippen molar-refractivity contribution < 1.29 is 9.59 Å². The van der Waals surface area contributed by atoms with Crippen molar-refractivity contribution in [2.75, 3.05) is 18.4 Å². The summed E-state index contributed by atoms with van der Waals surface area (Å²) in [4.78, 5) is 22.3. The smallest absolute Gasteiger partial charge is 0.251 e. The summed E-state index contributed by atoms with van der Waals surface area (Å²) in [5, 5.41) is 5.73. The topological polar surface area (TPSA) is 84.2 Å². The number of rotatable bonds is 6. The Balaban J connectivity index is 2.71. The Labute approximate surface area is 107 Å². The van der Waals surface area contributed by atoms with Crippen LogP contribution in [0.4, 0.5) is 5.69 Å². The Hall–Kier alpha value is -2.04. The lowest BCUT2D eigenvalue weighted by Crippen LogP contribution is -2.33. The summed E-state index contributed by atoms with van der Waals surface area (Å²) in [5.74, 6) is -0.847. The fourth-order valence-corrected chi connectivity index (χ4v) is 1.53. The lowest BCUT2D eigenvalue weighted by atomic mass is 10.1. The van der Waals surface area contributed by atoms with Crippen LogP contribution in [0.3, 0.4) is 0 Å². The van der Waals surface area contributed by atoms with Crippen molar-refractivity contribution in [2.24, 2.45) is 5.73 Å². The van der Waals surface area contributed by atoms with E-state index in [0.717, 1.165) is 24.2 Å². The molecule has 1 rings (SSSR count). The molecule has 0 bridgehead atoms. The van der Waals surface area contributed by atoms with Gasteiger partial charge in [0, 0.05) is 17.8 Å². The van der Waals surface area contributed by atoms with E-state index in [0.29, 0.717) is 5.56 Å². The number of carbonyl (C=O) groups is 2. The number of amides is 2. The van der Waals surface area contributed by atoms with Gasteiger partial charge in [-0.2, -0.15) is 0 Å². The molecule has 0 radical (unpaired) electrons. The molecular formula is C13H19N3O2. The Morgan fingerprint density at radius 1 is 1.33 bits per heavy atom. The molecular weight excluding hydrogens is 230 g/mol. The summed E-state index contributed by atoms with van der Waals surface area (Å²) in [6, 6.07) is 5.37. The van der Waals surface area contributed by atoms with Crippen LogP contribution in [0.15, 0.2) is 18.2 Å². The van der Waals surface area contributed by atoms with Gasteiger partial charge in [0.1, 0.15) is 0 Å². The molecule has 5 heteroatoms. The molecule has 0 heterocycles. The number of anilines is 1. The second-order valence-electron chi connectivity index (χ2n) is 4.11. The molecule has 18 heavy (non-hydrogen) atoms. The minimum absolute atomic E-state index is 0.145. The normalized spacial score (nSPS) is 9.89. The molecule has 0 fully saturated rings. The molecule has 0 spiro atoms. The van der Waals surface area contributed by atoms with E-state index in [1.165, 1.54) is 0 Å². The molecule has 4 N–H and O–H groups in total. The van der Waals surface area contributed by atoms with Crippen molar-refractivity contribution >= 4 is 17.5 Å². The van der Waals surface area contributed by atoms with Crippen LogP contribution in [0.5, 0.6) is 0 Å². The van der Waals surface area contributed by atoms with Crippen LogP contribution in [0.1, 0.15) is 29.3 Å². The van der Waals surface area contributed by atoms with Gasteiger partial charge in [-0.1, -0.05) is 6.92 Å². The number of carbonyl (C=O) groups excluding carboxylic acids is 2. The average molecular weight is 249 g/mol. The van der Waals surface area contributed by atoms with Crippen molar-refractivity contribution in [1.29, 1.82) is 0 Å². The number of aryl methyl sites for hydroxylation is 1. The molecule has 0 aliphatic carbocycles. The van der Waals surface area contributed by atoms with Gasteiger partial charge >= 0.3 is 0 Å². The van der Waals surface area contributed by atoms with Gasteiger partial charge in [-0.3, -0.25) is 9.59 Å². The summed E-state index contributed by atoms with van der Waals surface area (Å²) in [6.07, 6.45) is 1.04. The van der Waals surface area contributed by atoms with Gasteiger partial charge in [-0.15, -0.1) is 0 Å². The van der Waals surface area contributed by atoms with E-state index in [1.807, 2.05) is 13.0 Å². The van der Waals surface area contributed by atoms with Gasteiger partial charge in [-0.25, -0.2) is 0 Å². The minimum Gasteiger partial charge on any atom is -0.385 e. The summed E-state index contributed by atoms with van der Waals surface area (Å²) in [5.41, 5.74) is 7.50. The Bertz CT molecular complexity index is 444. The molecule has 98 valence electrons. The van der Waals surface area contributed by atoms with Gasteiger partial charge in [0.2, 0.25) is 5.91 Å². The molecule has 0 saturated heterocycles. The zero-order valence-corrected chi connectivity index (χ0v) is 10.7. The highest BCUT2D eigenvalue weighted by molar-refractivity contribution is 5.96. The summed E-state index contributed by atoms with van der Waals surface area (Å²) < 4.78 is 0. The average Bonchev–Trinajstić information content (AvgIpc) is 2.34. The highest BCUT2D eigenvalue weighted by Crippen LogP contribution is 2.16. The van der Waals surface area contributed by atoms with Crippen molar-refractivity contribution in [1.82, 2.24) is 5.32 Å². The van der Waals surface area contributed by atoms with Crippen molar-refractivity contribution in [2.45, 2.75) is 20.3 Å². The highest BCUT2D eigenvalue weighted by Gasteiger charge is 2.08. The zero-order valence-electron chi connectivity index (χ0n) is 10.7. The number of benzene rings is 1. The third-order valence-electron chi connectivity index (χ3n) is 2.48. The Kier molecular flexibility index (Phi) is 5.17. The first-order chi connectivity index (χ1) is 8.54. The maximum absolute atomic E-state index is 11.7. The molecule has 0 aliphatic rings. The molecule has 2 amide bonds. The van der Waals surface area contributed by atoms with E-state index in [1.54, 1.807) is 12.1 Å². The predicted octanol–water partition coefficient (Wildman–Crippen LogP) is 1.03. The van der Waals surface area contributed by atoms with Crippen LogP contribution in [-0.2, 0) is 4.79 Å². The largest absolute Gasteiger partial charge is 0.385 e. The van der Waals surface area contributed by atoms with Crippen LogP contribution in [0.25, 0.3) is 0 Å². The number of hydrogen-bond donors (Lipinski definition) is 3. The summed E-state index contributed by atoms with van der Waals surface area (Å²) >= 11 is 0. The highest BCUT2D eigenvalue weighted by atomic mass is 16.2. The van der Waals surface area contributed by atoms with Crippen molar-refractivity contribution in [3.8, 4) is 0 Å². The van der Waals surface area contributed by atoms with Gasteiger partial charge in [0.15, 0.2) is 0 Å². The van der Waals surface area contributed by atoms with Gasteiger partial charge in [-0.05, 0) is 37.1 Å². The molecule has 0 aliphatic heterocycles. The summed E-state index contributed by atoms with van der Waals surface area (Å²) in [6.45, 7) is 4.78. The van der Waals surface area contributed by atoms with E-state index in [2.05, 4.69) is 17.6 Å². The number of nitrogens with two attached hydrogens (primary N) is 1. The first kappa shape index (κ1) is 14.0. The van der Waals surface area contributed by atoms with Crippen molar-refractivity contribution in [3.63, 3.8) is 0 Å². The predicted molar refractivity (Wildman–Crippen MR) is 71.5 cm³/mol. The van der Waals surface area contributed by atoms with E-state index in [-0.39, 0.29) is 12.5 Å². The van der Waals surface area contributed by atoms with Gasteiger partial charge in [0.25, 0.3) is 5.91 Å². The number of primary amides is 1. The molecule has 1 aromatic carbocycles. The second-order valence-corrected chi connectivity index (χ2v) is 4.11. The standard InChI is InChI=1S/C13H19N3O2/c1-3-6-15-11-5-4-10(7-9(11)2)13(18)16-8-12(14)17/h4-5,7,15H,3,6,8H2,1-2H3,(H2,14,17)(H,16,18). The zero-order chi connectivity index (χ0) is 13.5. The third kappa shape index (κ3) is 4.08. The van der Waals surface area contributed by atoms with Crippen LogP contribution < -0.4 is 16.4 Å². The first-order valence-electron chi connectivity index (χ1n) is 5.95. The lowest BCUT2D eigenvalue weighted by molar-refractivity contribution is -0.117. The fraction of sp³-hybridized carbons (Fsp3) is 0.385. The van der Waals surface area contributed by atoms with E-state index < -0.39 is 5.91 Å². The minimum atomic E-state index is -0.554. The lowest BCUT2D eigenvalue weighted by Gasteiger charge is -2.10. The van der Waals surface area contributed by atoms with Crippen LogP contribution in [-0.4, -0.2) is 24.9 Å². The third-order valence-corrected chi connectivity index (χ3v) is 2.48. The van der Waals surface area contributed by atoms with Crippen molar-refractivity contribution in [3.05, 3.63) is 29.3 Å². The van der Waals surface area contributed by atoms with E-state index in [9.17, 15) is 9.59 Å². The quantitative estimate of drug-likeness (QED) is 0.704. The van der Waals surface area contributed by atoms with Crippen LogP contribution in [0, 0.1) is 6.92 Å². The van der Waals surface area contributed by atoms with E-state index in [4.69, 9.17) is 5.73 Å². The van der Waals surface area contributed by atoms with E-state index >= 15 is 0 Å². The molecule has 0 unspecified atom stereocenters. The monoisotopic (exact) mass is 249 g/mol. The first-order valence-corrected chi connectivity index (χ1v) is 5.95. The molecule has 0 saturated carbocycles. The molecule has 0 aromatic heterocycles. The second kappa shape index (κ2) is 6.64. The maximum atomic E-state index is 11.7. The SMILES string of the molecule is CCCNc1ccc(C(=O)NCC(N)=O)cc1C. The molecule has 0 atom stereocenters. The van der Waals surface area contributed by atoms with Gasteiger partial charge in [0.05, 0.1) is 6.54 Å². The molecule has 5 nitrogen and oxygen atoms in total. The maximum Gasteiger partial charge on any atom is 0.251 e. The van der Waals surface area contributed by atoms with Crippen LogP contribution in [0.2, 0.25) is 0 Å². The number of nitrogens with one attached hydrogen (secondary N) is 2. The molecule has 1 aromatic rings. The fourth-order valence-electron chi connectivity index (χ4n) is 1.53. The summed E-state index contributed by atoms with van der Waals surface area (Å²) in [7, 11) is 0. The Morgan fingerprint density at radius 3 is 2.61 bits per heavy atom. The number of hydrogen-bond acceptors (Lipinski definition) is 3.